The zero-order valence-electron chi connectivity index (χ0n) is 18.1. The number of nitrogens with zero attached hydrogens (tertiary/aromatic N) is 1. The molecule has 0 saturated carbocycles. The molecule has 3 aromatic carbocycles. The van der Waals surface area contributed by atoms with E-state index in [-0.39, 0.29) is 18.1 Å². The molecule has 166 valence electrons. The molecule has 0 saturated heterocycles. The molecule has 7 nitrogen and oxygen atoms in total. The van der Waals surface area contributed by atoms with Gasteiger partial charge in [0.25, 0.3) is 11.8 Å². The lowest BCUT2D eigenvalue weighted by Crippen LogP contribution is -2.20. The van der Waals surface area contributed by atoms with Crippen LogP contribution >= 0.6 is 0 Å². The fourth-order valence-corrected chi connectivity index (χ4v) is 2.84. The molecule has 0 heterocycles. The van der Waals surface area contributed by atoms with Gasteiger partial charge in [-0.15, -0.1) is 0 Å². The summed E-state index contributed by atoms with van der Waals surface area (Å²) in [4.78, 5) is 24.4. The third-order valence-electron chi connectivity index (χ3n) is 4.41. The zero-order valence-corrected chi connectivity index (χ0v) is 18.1. The molecule has 0 spiro atoms. The van der Waals surface area contributed by atoms with Crippen LogP contribution in [0.3, 0.4) is 0 Å². The topological polar surface area (TPSA) is 100 Å². The van der Waals surface area contributed by atoms with Crippen molar-refractivity contribution in [2.24, 2.45) is 0 Å². The Labute approximate surface area is 192 Å². The molecule has 2 N–H and O–H groups in total. The predicted molar refractivity (Wildman–Crippen MR) is 127 cm³/mol. The number of ether oxygens (including phenoxy) is 2. The quantitative estimate of drug-likeness (QED) is 0.372. The van der Waals surface area contributed by atoms with Crippen molar-refractivity contribution >= 4 is 29.3 Å². The van der Waals surface area contributed by atoms with Crippen molar-refractivity contribution in [3.05, 3.63) is 90.0 Å². The molecule has 0 aliphatic rings. The molecule has 0 aromatic heterocycles. The molecule has 0 radical (unpaired) electrons. The summed E-state index contributed by atoms with van der Waals surface area (Å²) < 4.78 is 10.9. The molecular formula is C26H23N3O4. The average Bonchev–Trinajstić information content (AvgIpc) is 2.84. The lowest BCUT2D eigenvalue weighted by atomic mass is 10.1. The number of carbonyl (C=O) groups is 2. The average molecular weight is 441 g/mol. The summed E-state index contributed by atoms with van der Waals surface area (Å²) in [5, 5.41) is 14.8. The van der Waals surface area contributed by atoms with E-state index in [1.807, 2.05) is 19.1 Å². The third-order valence-corrected chi connectivity index (χ3v) is 4.41. The minimum atomic E-state index is -0.491. The third kappa shape index (κ3) is 7.26. The highest BCUT2D eigenvalue weighted by molar-refractivity contribution is 6.09. The lowest BCUT2D eigenvalue weighted by molar-refractivity contribution is -0.118. The minimum absolute atomic E-state index is 0.0257. The van der Waals surface area contributed by atoms with Crippen LogP contribution in [0.2, 0.25) is 0 Å². The van der Waals surface area contributed by atoms with Gasteiger partial charge in [0.2, 0.25) is 0 Å². The number of hydrogen-bond acceptors (Lipinski definition) is 5. The van der Waals surface area contributed by atoms with E-state index in [2.05, 4.69) is 10.6 Å². The van der Waals surface area contributed by atoms with E-state index >= 15 is 0 Å². The van der Waals surface area contributed by atoms with Crippen LogP contribution in [0.4, 0.5) is 11.4 Å². The molecule has 33 heavy (non-hydrogen) atoms. The maximum Gasteiger partial charge on any atom is 0.266 e. The van der Waals surface area contributed by atoms with Crippen LogP contribution in [0.5, 0.6) is 11.5 Å². The predicted octanol–water partition coefficient (Wildman–Crippen LogP) is 4.65. The van der Waals surface area contributed by atoms with Crippen molar-refractivity contribution in [2.45, 2.75) is 6.92 Å². The molecule has 0 aliphatic carbocycles. The lowest BCUT2D eigenvalue weighted by Gasteiger charge is -2.09. The Bertz CT molecular complexity index is 1150. The molecule has 0 fully saturated rings. The van der Waals surface area contributed by atoms with Crippen LogP contribution in [-0.2, 0) is 9.59 Å². The molecule has 0 aliphatic heterocycles. The number of nitrogens with one attached hydrogen (secondary N) is 2. The van der Waals surface area contributed by atoms with E-state index in [0.717, 1.165) is 5.75 Å². The van der Waals surface area contributed by atoms with E-state index in [4.69, 9.17) is 9.47 Å². The SMILES string of the molecule is CCOc1ccc(NC(=O)COc2ccc(C=C(C#N)C(=O)Nc3ccccc3)cc2)cc1. The van der Waals surface area contributed by atoms with E-state index in [9.17, 15) is 14.9 Å². The summed E-state index contributed by atoms with van der Waals surface area (Å²) in [5.41, 5.74) is 1.88. The maximum absolute atomic E-state index is 12.3. The highest BCUT2D eigenvalue weighted by Gasteiger charge is 2.10. The van der Waals surface area contributed by atoms with Crippen molar-refractivity contribution in [2.75, 3.05) is 23.8 Å². The Kier molecular flexibility index (Phi) is 8.21. The number of benzene rings is 3. The number of para-hydroxylation sites is 1. The van der Waals surface area contributed by atoms with Gasteiger partial charge in [0.15, 0.2) is 6.61 Å². The molecular weight excluding hydrogens is 418 g/mol. The largest absolute Gasteiger partial charge is 0.494 e. The first-order chi connectivity index (χ1) is 16.1. The second-order valence-corrected chi connectivity index (χ2v) is 6.85. The number of amides is 2. The number of nitriles is 1. The van der Waals surface area contributed by atoms with Crippen molar-refractivity contribution < 1.29 is 19.1 Å². The Morgan fingerprint density at radius 2 is 1.45 bits per heavy atom. The van der Waals surface area contributed by atoms with Gasteiger partial charge in [0, 0.05) is 11.4 Å². The van der Waals surface area contributed by atoms with Gasteiger partial charge in [0.1, 0.15) is 23.1 Å². The van der Waals surface area contributed by atoms with Crippen molar-refractivity contribution in [1.29, 1.82) is 5.26 Å². The standard InChI is InChI=1S/C26H23N3O4/c1-2-32-23-14-10-22(11-15-23)28-25(30)18-33-24-12-8-19(9-13-24)16-20(17-27)26(31)29-21-6-4-3-5-7-21/h3-16H,2,18H2,1H3,(H,28,30)(H,29,31). The second kappa shape index (κ2) is 11.7. The van der Waals surface area contributed by atoms with Crippen molar-refractivity contribution in [1.82, 2.24) is 0 Å². The zero-order chi connectivity index (χ0) is 23.5. The van der Waals surface area contributed by atoms with Crippen LogP contribution in [0.1, 0.15) is 12.5 Å². The van der Waals surface area contributed by atoms with Crippen LogP contribution in [0.25, 0.3) is 6.08 Å². The van der Waals surface area contributed by atoms with Crippen LogP contribution in [0, 0.1) is 11.3 Å². The molecule has 3 aromatic rings. The van der Waals surface area contributed by atoms with Crippen molar-refractivity contribution in [3.63, 3.8) is 0 Å². The molecule has 7 heteroatoms. The first-order valence-electron chi connectivity index (χ1n) is 10.3. The summed E-state index contributed by atoms with van der Waals surface area (Å²) in [6, 6.07) is 24.6. The van der Waals surface area contributed by atoms with Gasteiger partial charge in [-0.05, 0) is 67.1 Å². The van der Waals surface area contributed by atoms with Gasteiger partial charge in [-0.25, -0.2) is 0 Å². The summed E-state index contributed by atoms with van der Waals surface area (Å²) in [6.07, 6.45) is 1.49. The number of rotatable bonds is 9. The van der Waals surface area contributed by atoms with Crippen LogP contribution < -0.4 is 20.1 Å². The Morgan fingerprint density at radius 3 is 2.09 bits per heavy atom. The fourth-order valence-electron chi connectivity index (χ4n) is 2.84. The first-order valence-corrected chi connectivity index (χ1v) is 10.3. The number of anilines is 2. The van der Waals surface area contributed by atoms with Gasteiger partial charge >= 0.3 is 0 Å². The Balaban J connectivity index is 1.53. The van der Waals surface area contributed by atoms with Gasteiger partial charge < -0.3 is 20.1 Å². The monoisotopic (exact) mass is 441 g/mol. The molecule has 3 rings (SSSR count). The Hall–Kier alpha value is -4.57. The summed E-state index contributed by atoms with van der Waals surface area (Å²) >= 11 is 0. The van der Waals surface area contributed by atoms with E-state index in [1.165, 1.54) is 6.08 Å². The molecule has 0 atom stereocenters. The summed E-state index contributed by atoms with van der Waals surface area (Å²) in [6.45, 7) is 2.32. The minimum Gasteiger partial charge on any atom is -0.494 e. The highest BCUT2D eigenvalue weighted by Crippen LogP contribution is 2.17. The molecule has 2 amide bonds. The summed E-state index contributed by atoms with van der Waals surface area (Å²) in [5.74, 6) is 0.432. The fraction of sp³-hybridized carbons (Fsp3) is 0.115. The highest BCUT2D eigenvalue weighted by atomic mass is 16.5. The number of hydrogen-bond donors (Lipinski definition) is 2. The van der Waals surface area contributed by atoms with Gasteiger partial charge in [-0.1, -0.05) is 30.3 Å². The van der Waals surface area contributed by atoms with Gasteiger partial charge in [-0.3, -0.25) is 9.59 Å². The van der Waals surface area contributed by atoms with Gasteiger partial charge in [0.05, 0.1) is 6.61 Å². The summed E-state index contributed by atoms with van der Waals surface area (Å²) in [7, 11) is 0. The smallest absolute Gasteiger partial charge is 0.266 e. The molecule has 0 bridgehead atoms. The van der Waals surface area contributed by atoms with E-state index < -0.39 is 5.91 Å². The first kappa shape index (κ1) is 23.1. The van der Waals surface area contributed by atoms with Crippen LogP contribution in [-0.4, -0.2) is 25.0 Å². The van der Waals surface area contributed by atoms with Crippen LogP contribution in [0.15, 0.2) is 84.4 Å². The second-order valence-electron chi connectivity index (χ2n) is 6.85. The number of carbonyl (C=O) groups excluding carboxylic acids is 2. The Morgan fingerprint density at radius 1 is 0.848 bits per heavy atom. The maximum atomic E-state index is 12.3. The molecule has 0 unspecified atom stereocenters. The normalized spacial score (nSPS) is 10.6. The van der Waals surface area contributed by atoms with Crippen molar-refractivity contribution in [3.8, 4) is 17.6 Å². The van der Waals surface area contributed by atoms with Gasteiger partial charge in [-0.2, -0.15) is 5.26 Å². The van der Waals surface area contributed by atoms with E-state index in [0.29, 0.717) is 29.3 Å². The van der Waals surface area contributed by atoms with E-state index in [1.54, 1.807) is 72.8 Å².